The SMILES string of the molecule is Cc1cc(C)n(C(CO)C(N)CC(C)C)n1. The van der Waals surface area contributed by atoms with Gasteiger partial charge < -0.3 is 10.8 Å². The number of nitrogens with two attached hydrogens (primary N) is 1. The first-order chi connectivity index (χ1) is 7.45. The zero-order valence-electron chi connectivity index (χ0n) is 10.6. The van der Waals surface area contributed by atoms with Gasteiger partial charge in [-0.05, 0) is 32.3 Å². The summed E-state index contributed by atoms with van der Waals surface area (Å²) in [5, 5.41) is 13.8. The molecule has 2 unspecified atom stereocenters. The van der Waals surface area contributed by atoms with Gasteiger partial charge in [-0.3, -0.25) is 4.68 Å². The van der Waals surface area contributed by atoms with Gasteiger partial charge in [-0.15, -0.1) is 0 Å². The molecule has 0 fully saturated rings. The molecule has 0 aliphatic heterocycles. The summed E-state index contributed by atoms with van der Waals surface area (Å²) in [6.45, 7) is 8.25. The Morgan fingerprint density at radius 1 is 1.44 bits per heavy atom. The lowest BCUT2D eigenvalue weighted by atomic mass is 9.98. The first-order valence-corrected chi connectivity index (χ1v) is 5.85. The number of aliphatic hydroxyl groups is 1. The molecular weight excluding hydrogens is 202 g/mol. The van der Waals surface area contributed by atoms with Crippen molar-refractivity contribution < 1.29 is 5.11 Å². The topological polar surface area (TPSA) is 64.1 Å². The van der Waals surface area contributed by atoms with E-state index in [2.05, 4.69) is 18.9 Å². The molecular formula is C12H23N3O. The predicted octanol–water partition coefficient (Wildman–Crippen LogP) is 1.41. The van der Waals surface area contributed by atoms with E-state index < -0.39 is 0 Å². The molecule has 1 aromatic rings. The van der Waals surface area contributed by atoms with Crippen LogP contribution in [0.2, 0.25) is 0 Å². The highest BCUT2D eigenvalue weighted by molar-refractivity contribution is 5.08. The van der Waals surface area contributed by atoms with Gasteiger partial charge in [0.15, 0.2) is 0 Å². The summed E-state index contributed by atoms with van der Waals surface area (Å²) >= 11 is 0. The standard InChI is InChI=1S/C12H23N3O/c1-8(2)5-11(13)12(7-16)15-10(4)6-9(3)14-15/h6,8,11-12,16H,5,7,13H2,1-4H3. The summed E-state index contributed by atoms with van der Waals surface area (Å²) in [5.74, 6) is 0.529. The molecule has 4 heteroatoms. The predicted molar refractivity (Wildman–Crippen MR) is 65.3 cm³/mol. The molecule has 1 aromatic heterocycles. The zero-order chi connectivity index (χ0) is 12.3. The van der Waals surface area contributed by atoms with Crippen LogP contribution < -0.4 is 5.73 Å². The van der Waals surface area contributed by atoms with E-state index in [-0.39, 0.29) is 18.7 Å². The molecule has 1 rings (SSSR count). The molecule has 0 radical (unpaired) electrons. The summed E-state index contributed by atoms with van der Waals surface area (Å²) in [7, 11) is 0. The molecule has 0 aromatic carbocycles. The number of rotatable bonds is 5. The average molecular weight is 225 g/mol. The molecule has 2 atom stereocenters. The molecule has 92 valence electrons. The van der Waals surface area contributed by atoms with E-state index >= 15 is 0 Å². The van der Waals surface area contributed by atoms with Gasteiger partial charge in [-0.1, -0.05) is 13.8 Å². The molecule has 0 aliphatic rings. The van der Waals surface area contributed by atoms with Crippen molar-refractivity contribution in [1.82, 2.24) is 9.78 Å². The van der Waals surface area contributed by atoms with Crippen LogP contribution in [-0.4, -0.2) is 27.5 Å². The van der Waals surface area contributed by atoms with Crippen molar-refractivity contribution in [1.29, 1.82) is 0 Å². The van der Waals surface area contributed by atoms with Crippen LogP contribution in [0.15, 0.2) is 6.07 Å². The summed E-state index contributed by atoms with van der Waals surface area (Å²) in [5.41, 5.74) is 8.14. The number of hydrogen-bond acceptors (Lipinski definition) is 3. The summed E-state index contributed by atoms with van der Waals surface area (Å²) in [4.78, 5) is 0. The maximum Gasteiger partial charge on any atom is 0.0903 e. The molecule has 16 heavy (non-hydrogen) atoms. The van der Waals surface area contributed by atoms with Crippen LogP contribution in [-0.2, 0) is 0 Å². The van der Waals surface area contributed by atoms with Gasteiger partial charge in [0.1, 0.15) is 0 Å². The van der Waals surface area contributed by atoms with Crippen LogP contribution in [0.1, 0.15) is 37.7 Å². The minimum Gasteiger partial charge on any atom is -0.394 e. The number of aliphatic hydroxyl groups excluding tert-OH is 1. The van der Waals surface area contributed by atoms with Gasteiger partial charge in [-0.25, -0.2) is 0 Å². The maximum absolute atomic E-state index is 9.46. The van der Waals surface area contributed by atoms with Crippen molar-refractivity contribution in [2.75, 3.05) is 6.61 Å². The van der Waals surface area contributed by atoms with Gasteiger partial charge in [-0.2, -0.15) is 5.10 Å². The normalized spacial score (nSPS) is 15.4. The summed E-state index contributed by atoms with van der Waals surface area (Å²) in [6.07, 6.45) is 0.892. The average Bonchev–Trinajstić information content (AvgIpc) is 2.45. The smallest absolute Gasteiger partial charge is 0.0903 e. The van der Waals surface area contributed by atoms with Gasteiger partial charge in [0.25, 0.3) is 0 Å². The van der Waals surface area contributed by atoms with Crippen LogP contribution in [0.25, 0.3) is 0 Å². The van der Waals surface area contributed by atoms with Crippen LogP contribution in [0.4, 0.5) is 0 Å². The van der Waals surface area contributed by atoms with Crippen molar-refractivity contribution in [3.8, 4) is 0 Å². The Labute approximate surface area is 97.5 Å². The molecule has 4 nitrogen and oxygen atoms in total. The van der Waals surface area contributed by atoms with Gasteiger partial charge >= 0.3 is 0 Å². The van der Waals surface area contributed by atoms with Crippen LogP contribution in [0.3, 0.4) is 0 Å². The first kappa shape index (κ1) is 13.2. The highest BCUT2D eigenvalue weighted by atomic mass is 16.3. The van der Waals surface area contributed by atoms with Crippen molar-refractivity contribution in [3.63, 3.8) is 0 Å². The van der Waals surface area contributed by atoms with Crippen molar-refractivity contribution >= 4 is 0 Å². The van der Waals surface area contributed by atoms with Crippen LogP contribution >= 0.6 is 0 Å². The Morgan fingerprint density at radius 2 is 2.06 bits per heavy atom. The molecule has 0 amide bonds. The molecule has 0 saturated heterocycles. The van der Waals surface area contributed by atoms with Crippen molar-refractivity contribution in [3.05, 3.63) is 17.5 Å². The molecule has 3 N–H and O–H groups in total. The Balaban J connectivity index is 2.85. The van der Waals surface area contributed by atoms with Gasteiger partial charge in [0, 0.05) is 11.7 Å². The fourth-order valence-electron chi connectivity index (χ4n) is 2.08. The van der Waals surface area contributed by atoms with E-state index in [1.807, 2.05) is 24.6 Å². The third-order valence-electron chi connectivity index (χ3n) is 2.78. The largest absolute Gasteiger partial charge is 0.394 e. The lowest BCUT2D eigenvalue weighted by Gasteiger charge is -2.25. The highest BCUT2D eigenvalue weighted by Gasteiger charge is 2.22. The van der Waals surface area contributed by atoms with E-state index in [4.69, 9.17) is 5.73 Å². The molecule has 0 spiro atoms. The fraction of sp³-hybridized carbons (Fsp3) is 0.750. The molecule has 0 aliphatic carbocycles. The third kappa shape index (κ3) is 3.06. The van der Waals surface area contributed by atoms with E-state index in [1.165, 1.54) is 0 Å². The van der Waals surface area contributed by atoms with E-state index in [0.29, 0.717) is 5.92 Å². The molecule has 0 saturated carbocycles. The monoisotopic (exact) mass is 225 g/mol. The van der Waals surface area contributed by atoms with Crippen molar-refractivity contribution in [2.45, 2.75) is 46.2 Å². The summed E-state index contributed by atoms with van der Waals surface area (Å²) < 4.78 is 1.85. The lowest BCUT2D eigenvalue weighted by molar-refractivity contribution is 0.185. The Kier molecular flexibility index (Phi) is 4.50. The molecule has 0 bridgehead atoms. The number of nitrogens with zero attached hydrogens (tertiary/aromatic N) is 2. The van der Waals surface area contributed by atoms with Crippen molar-refractivity contribution in [2.24, 2.45) is 11.7 Å². The maximum atomic E-state index is 9.46. The molecule has 1 heterocycles. The van der Waals surface area contributed by atoms with Crippen LogP contribution in [0, 0.1) is 19.8 Å². The quantitative estimate of drug-likeness (QED) is 0.796. The highest BCUT2D eigenvalue weighted by Crippen LogP contribution is 2.18. The zero-order valence-corrected chi connectivity index (χ0v) is 10.6. The number of hydrogen-bond donors (Lipinski definition) is 2. The Hall–Kier alpha value is -0.870. The second-order valence-electron chi connectivity index (χ2n) is 4.91. The van der Waals surface area contributed by atoms with Gasteiger partial charge in [0.2, 0.25) is 0 Å². The second-order valence-corrected chi connectivity index (χ2v) is 4.91. The Bertz CT molecular complexity index is 333. The van der Waals surface area contributed by atoms with E-state index in [0.717, 1.165) is 17.8 Å². The third-order valence-corrected chi connectivity index (χ3v) is 2.78. The second kappa shape index (κ2) is 5.46. The number of aromatic nitrogens is 2. The van der Waals surface area contributed by atoms with Gasteiger partial charge in [0.05, 0.1) is 18.3 Å². The minimum absolute atomic E-state index is 0.0375. The first-order valence-electron chi connectivity index (χ1n) is 5.85. The lowest BCUT2D eigenvalue weighted by Crippen LogP contribution is -2.36. The fourth-order valence-corrected chi connectivity index (χ4v) is 2.08. The Morgan fingerprint density at radius 3 is 2.44 bits per heavy atom. The van der Waals surface area contributed by atoms with E-state index in [9.17, 15) is 5.11 Å². The number of aryl methyl sites for hydroxylation is 2. The summed E-state index contributed by atoms with van der Waals surface area (Å²) in [6, 6.07) is 1.84. The minimum atomic E-state index is -0.115. The van der Waals surface area contributed by atoms with E-state index in [1.54, 1.807) is 0 Å². The van der Waals surface area contributed by atoms with Crippen LogP contribution in [0.5, 0.6) is 0 Å².